The molecule has 3 aromatic rings. The first-order chi connectivity index (χ1) is 12.8. The highest BCUT2D eigenvalue weighted by molar-refractivity contribution is 5.93. The number of nitrogens with one attached hydrogen (secondary N) is 2. The van der Waals surface area contributed by atoms with Crippen LogP contribution < -0.4 is 15.4 Å². The molecule has 0 aliphatic carbocycles. The molecular formula is C20H20N4O2. The van der Waals surface area contributed by atoms with Crippen LogP contribution in [-0.4, -0.2) is 22.5 Å². The largest absolute Gasteiger partial charge is 0.492 e. The SMILES string of the molecule is CCOc1ccccc1Nc1ccnc(C(=O)NCc2ccncc2)c1. The zero-order chi connectivity index (χ0) is 18.2. The fourth-order valence-electron chi connectivity index (χ4n) is 2.41. The van der Waals surface area contributed by atoms with Gasteiger partial charge in [0.2, 0.25) is 0 Å². The number of rotatable bonds is 7. The predicted octanol–water partition coefficient (Wildman–Crippen LogP) is 3.55. The van der Waals surface area contributed by atoms with Crippen molar-refractivity contribution < 1.29 is 9.53 Å². The minimum absolute atomic E-state index is 0.233. The molecule has 0 atom stereocenters. The van der Waals surface area contributed by atoms with Gasteiger partial charge in [0, 0.05) is 30.8 Å². The van der Waals surface area contributed by atoms with Gasteiger partial charge in [-0.3, -0.25) is 14.8 Å². The van der Waals surface area contributed by atoms with Crippen LogP contribution in [0.15, 0.2) is 67.1 Å². The Bertz CT molecular complexity index is 868. The van der Waals surface area contributed by atoms with E-state index in [0.29, 0.717) is 18.8 Å². The van der Waals surface area contributed by atoms with E-state index in [0.717, 1.165) is 22.7 Å². The topological polar surface area (TPSA) is 76.1 Å². The molecule has 132 valence electrons. The van der Waals surface area contributed by atoms with E-state index < -0.39 is 0 Å². The summed E-state index contributed by atoms with van der Waals surface area (Å²) in [7, 11) is 0. The summed E-state index contributed by atoms with van der Waals surface area (Å²) in [4.78, 5) is 20.5. The summed E-state index contributed by atoms with van der Waals surface area (Å²) in [5, 5.41) is 6.13. The van der Waals surface area contributed by atoms with Crippen LogP contribution in [-0.2, 0) is 6.54 Å². The van der Waals surface area contributed by atoms with Gasteiger partial charge in [0.05, 0.1) is 12.3 Å². The lowest BCUT2D eigenvalue weighted by atomic mass is 10.2. The quantitative estimate of drug-likeness (QED) is 0.683. The molecule has 0 bridgehead atoms. The molecule has 6 heteroatoms. The molecule has 0 saturated carbocycles. The molecule has 6 nitrogen and oxygen atoms in total. The van der Waals surface area contributed by atoms with Gasteiger partial charge in [0.1, 0.15) is 11.4 Å². The lowest BCUT2D eigenvalue weighted by Crippen LogP contribution is -2.23. The summed E-state index contributed by atoms with van der Waals surface area (Å²) < 4.78 is 5.61. The first-order valence-corrected chi connectivity index (χ1v) is 8.38. The number of pyridine rings is 2. The molecule has 3 rings (SSSR count). The number of nitrogens with zero attached hydrogens (tertiary/aromatic N) is 2. The van der Waals surface area contributed by atoms with Crippen molar-refractivity contribution in [3.05, 3.63) is 78.4 Å². The molecule has 0 aliphatic rings. The van der Waals surface area contributed by atoms with Crippen LogP contribution in [0.1, 0.15) is 23.0 Å². The summed E-state index contributed by atoms with van der Waals surface area (Å²) in [5.41, 5.74) is 2.93. The Morgan fingerprint density at radius 3 is 2.69 bits per heavy atom. The lowest BCUT2D eigenvalue weighted by Gasteiger charge is -2.12. The van der Waals surface area contributed by atoms with Gasteiger partial charge >= 0.3 is 0 Å². The maximum Gasteiger partial charge on any atom is 0.270 e. The highest BCUT2D eigenvalue weighted by atomic mass is 16.5. The van der Waals surface area contributed by atoms with Crippen LogP contribution in [0, 0.1) is 0 Å². The summed E-state index contributed by atoms with van der Waals surface area (Å²) in [6.45, 7) is 2.94. The smallest absolute Gasteiger partial charge is 0.270 e. The number of aromatic nitrogens is 2. The Labute approximate surface area is 152 Å². The maximum absolute atomic E-state index is 12.4. The second kappa shape index (κ2) is 8.62. The molecule has 0 unspecified atom stereocenters. The molecule has 1 amide bonds. The lowest BCUT2D eigenvalue weighted by molar-refractivity contribution is 0.0946. The maximum atomic E-state index is 12.4. The van der Waals surface area contributed by atoms with Crippen molar-refractivity contribution in [3.63, 3.8) is 0 Å². The monoisotopic (exact) mass is 348 g/mol. The van der Waals surface area contributed by atoms with E-state index in [1.165, 1.54) is 0 Å². The van der Waals surface area contributed by atoms with Crippen molar-refractivity contribution in [2.75, 3.05) is 11.9 Å². The number of para-hydroxylation sites is 2. The Kier molecular flexibility index (Phi) is 5.77. The minimum Gasteiger partial charge on any atom is -0.492 e. The van der Waals surface area contributed by atoms with E-state index in [-0.39, 0.29) is 5.91 Å². The van der Waals surface area contributed by atoms with Crippen molar-refractivity contribution in [3.8, 4) is 5.75 Å². The van der Waals surface area contributed by atoms with Crippen LogP contribution in [0.25, 0.3) is 0 Å². The average Bonchev–Trinajstić information content (AvgIpc) is 2.69. The number of hydrogen-bond donors (Lipinski definition) is 2. The van der Waals surface area contributed by atoms with Crippen molar-refractivity contribution in [1.82, 2.24) is 15.3 Å². The Morgan fingerprint density at radius 1 is 1.08 bits per heavy atom. The number of anilines is 2. The van der Waals surface area contributed by atoms with E-state index in [9.17, 15) is 4.79 Å². The van der Waals surface area contributed by atoms with Crippen LogP contribution in [0.3, 0.4) is 0 Å². The highest BCUT2D eigenvalue weighted by Gasteiger charge is 2.09. The number of ether oxygens (including phenoxy) is 1. The molecule has 0 spiro atoms. The van der Waals surface area contributed by atoms with Crippen LogP contribution in [0.2, 0.25) is 0 Å². The standard InChI is InChI=1S/C20H20N4O2/c1-2-26-19-6-4-3-5-17(19)24-16-9-12-22-18(13-16)20(25)23-14-15-7-10-21-11-8-15/h3-13H,2,14H2,1H3,(H,22,24)(H,23,25). The number of amides is 1. The predicted molar refractivity (Wildman–Crippen MR) is 101 cm³/mol. The van der Waals surface area contributed by atoms with Crippen molar-refractivity contribution in [1.29, 1.82) is 0 Å². The molecular weight excluding hydrogens is 328 g/mol. The van der Waals surface area contributed by atoms with Crippen LogP contribution >= 0.6 is 0 Å². The minimum atomic E-state index is -0.233. The van der Waals surface area contributed by atoms with Gasteiger partial charge in [-0.2, -0.15) is 0 Å². The molecule has 2 heterocycles. The van der Waals surface area contributed by atoms with Gasteiger partial charge < -0.3 is 15.4 Å². The van der Waals surface area contributed by atoms with Gasteiger partial charge in [-0.25, -0.2) is 0 Å². The highest BCUT2D eigenvalue weighted by Crippen LogP contribution is 2.27. The molecule has 2 aromatic heterocycles. The van der Waals surface area contributed by atoms with Gasteiger partial charge in [0.15, 0.2) is 0 Å². The molecule has 1 aromatic carbocycles. The molecule has 0 fully saturated rings. The zero-order valence-corrected chi connectivity index (χ0v) is 14.5. The van der Waals surface area contributed by atoms with Gasteiger partial charge in [-0.1, -0.05) is 12.1 Å². The number of carbonyl (C=O) groups excluding carboxylic acids is 1. The van der Waals surface area contributed by atoms with E-state index >= 15 is 0 Å². The second-order valence-electron chi connectivity index (χ2n) is 5.52. The Hall–Kier alpha value is -3.41. The van der Waals surface area contributed by atoms with E-state index in [2.05, 4.69) is 20.6 Å². The Morgan fingerprint density at radius 2 is 1.88 bits per heavy atom. The molecule has 26 heavy (non-hydrogen) atoms. The van der Waals surface area contributed by atoms with Gasteiger partial charge in [-0.05, 0) is 48.9 Å². The Balaban J connectivity index is 1.69. The van der Waals surface area contributed by atoms with Gasteiger partial charge in [0.25, 0.3) is 5.91 Å². The number of carbonyl (C=O) groups is 1. The zero-order valence-electron chi connectivity index (χ0n) is 14.5. The number of benzene rings is 1. The van der Waals surface area contributed by atoms with Crippen molar-refractivity contribution in [2.24, 2.45) is 0 Å². The average molecular weight is 348 g/mol. The second-order valence-corrected chi connectivity index (χ2v) is 5.52. The molecule has 0 radical (unpaired) electrons. The van der Waals surface area contributed by atoms with Crippen molar-refractivity contribution in [2.45, 2.75) is 13.5 Å². The molecule has 2 N–H and O–H groups in total. The third-order valence-electron chi connectivity index (χ3n) is 3.66. The van der Waals surface area contributed by atoms with E-state index in [1.807, 2.05) is 49.4 Å². The van der Waals surface area contributed by atoms with Crippen molar-refractivity contribution >= 4 is 17.3 Å². The normalized spacial score (nSPS) is 10.2. The summed E-state index contributed by atoms with van der Waals surface area (Å²) in [6.07, 6.45) is 4.99. The third-order valence-corrected chi connectivity index (χ3v) is 3.66. The van der Waals surface area contributed by atoms with Crippen LogP contribution in [0.4, 0.5) is 11.4 Å². The first-order valence-electron chi connectivity index (χ1n) is 8.38. The molecule has 0 aliphatic heterocycles. The van der Waals surface area contributed by atoms with E-state index in [1.54, 1.807) is 24.7 Å². The fourth-order valence-corrected chi connectivity index (χ4v) is 2.41. The summed E-state index contributed by atoms with van der Waals surface area (Å²) >= 11 is 0. The van der Waals surface area contributed by atoms with Crippen LogP contribution in [0.5, 0.6) is 5.75 Å². The third kappa shape index (κ3) is 4.57. The van der Waals surface area contributed by atoms with E-state index in [4.69, 9.17) is 4.74 Å². The van der Waals surface area contributed by atoms with Gasteiger partial charge in [-0.15, -0.1) is 0 Å². The summed E-state index contributed by atoms with van der Waals surface area (Å²) in [5.74, 6) is 0.527. The molecule has 0 saturated heterocycles. The summed E-state index contributed by atoms with van der Waals surface area (Å²) in [6, 6.07) is 14.9. The first kappa shape index (κ1) is 17.4. The number of hydrogen-bond acceptors (Lipinski definition) is 5. The fraction of sp³-hybridized carbons (Fsp3) is 0.150.